The quantitative estimate of drug-likeness (QED) is 0.737. The number of nitrogens with two attached hydrogens (primary N) is 1. The fourth-order valence-corrected chi connectivity index (χ4v) is 5.06. The topological polar surface area (TPSA) is 97.5 Å². The Bertz CT molecular complexity index is 1150. The number of benzene rings is 2. The van der Waals surface area contributed by atoms with Crippen molar-refractivity contribution in [1.29, 1.82) is 0 Å². The molecule has 8 heteroatoms. The van der Waals surface area contributed by atoms with E-state index >= 15 is 0 Å². The number of hydrazone groups is 1. The zero-order valence-electron chi connectivity index (χ0n) is 19.6. The van der Waals surface area contributed by atoms with Crippen LogP contribution in [0.4, 0.5) is 0 Å². The molecule has 2 N–H and O–H groups in total. The smallest absolute Gasteiger partial charge is 0.257 e. The van der Waals surface area contributed by atoms with E-state index in [9.17, 15) is 9.59 Å². The first-order valence-electron chi connectivity index (χ1n) is 11.8. The molecule has 178 valence electrons. The van der Waals surface area contributed by atoms with Crippen molar-refractivity contribution >= 4 is 17.5 Å². The lowest BCUT2D eigenvalue weighted by molar-refractivity contribution is -0.134. The van der Waals surface area contributed by atoms with Crippen LogP contribution in [0.5, 0.6) is 11.5 Å². The van der Waals surface area contributed by atoms with Crippen molar-refractivity contribution in [2.45, 2.75) is 39.2 Å². The van der Waals surface area contributed by atoms with Crippen molar-refractivity contribution in [3.05, 3.63) is 58.7 Å². The molecule has 0 bridgehead atoms. The number of likely N-dealkylation sites (tertiary alicyclic amines) is 1. The highest BCUT2D eigenvalue weighted by Gasteiger charge is 2.35. The maximum Gasteiger partial charge on any atom is 0.257 e. The molecule has 34 heavy (non-hydrogen) atoms. The van der Waals surface area contributed by atoms with Gasteiger partial charge in [-0.05, 0) is 63.0 Å². The molecule has 2 aromatic rings. The molecule has 8 nitrogen and oxygen atoms in total. The van der Waals surface area contributed by atoms with Gasteiger partial charge in [0.15, 0.2) is 11.5 Å². The minimum absolute atomic E-state index is 0.0556. The summed E-state index contributed by atoms with van der Waals surface area (Å²) >= 11 is 0. The van der Waals surface area contributed by atoms with E-state index in [1.165, 1.54) is 5.56 Å². The molecule has 0 unspecified atom stereocenters. The number of carbonyl (C=O) groups excluding carboxylic acids is 2. The highest BCUT2D eigenvalue weighted by Crippen LogP contribution is 2.39. The SMILES string of the molecule is Cc1ccc(C2=NN(C(=O)CN3CCC(C(N)=O)CC3)[C@@H](c3ccc4c(c3)OCO4)C2)c(C)c1. The van der Waals surface area contributed by atoms with Gasteiger partial charge in [-0.1, -0.05) is 29.8 Å². The lowest BCUT2D eigenvalue weighted by Crippen LogP contribution is -2.44. The fraction of sp³-hybridized carbons (Fsp3) is 0.423. The molecule has 2 amide bonds. The number of hydrogen-bond donors (Lipinski definition) is 1. The summed E-state index contributed by atoms with van der Waals surface area (Å²) in [5, 5.41) is 6.47. The van der Waals surface area contributed by atoms with Gasteiger partial charge in [0.1, 0.15) is 0 Å². The van der Waals surface area contributed by atoms with Crippen LogP contribution in [0.2, 0.25) is 0 Å². The van der Waals surface area contributed by atoms with Crippen molar-refractivity contribution in [3.63, 3.8) is 0 Å². The van der Waals surface area contributed by atoms with E-state index in [1.54, 1.807) is 5.01 Å². The van der Waals surface area contributed by atoms with Crippen LogP contribution in [0, 0.1) is 19.8 Å². The maximum absolute atomic E-state index is 13.5. The average Bonchev–Trinajstić information content (AvgIpc) is 3.46. The Hall–Kier alpha value is -3.39. The number of primary amides is 1. The highest BCUT2D eigenvalue weighted by atomic mass is 16.7. The van der Waals surface area contributed by atoms with Gasteiger partial charge in [-0.25, -0.2) is 5.01 Å². The molecule has 0 aliphatic carbocycles. The summed E-state index contributed by atoms with van der Waals surface area (Å²) in [7, 11) is 0. The molecule has 0 radical (unpaired) electrons. The molecule has 3 aliphatic rings. The largest absolute Gasteiger partial charge is 0.454 e. The van der Waals surface area contributed by atoms with Gasteiger partial charge in [-0.15, -0.1) is 0 Å². The minimum Gasteiger partial charge on any atom is -0.454 e. The van der Waals surface area contributed by atoms with Gasteiger partial charge in [0.05, 0.1) is 18.3 Å². The summed E-state index contributed by atoms with van der Waals surface area (Å²) in [6.07, 6.45) is 2.00. The van der Waals surface area contributed by atoms with E-state index in [2.05, 4.69) is 36.9 Å². The molecule has 0 spiro atoms. The number of fused-ring (bicyclic) bond motifs is 1. The Labute approximate surface area is 199 Å². The van der Waals surface area contributed by atoms with Crippen molar-refractivity contribution in [2.75, 3.05) is 26.4 Å². The van der Waals surface area contributed by atoms with Gasteiger partial charge in [0.2, 0.25) is 12.7 Å². The van der Waals surface area contributed by atoms with Crippen LogP contribution >= 0.6 is 0 Å². The summed E-state index contributed by atoms with van der Waals surface area (Å²) in [5.41, 5.74) is 10.7. The van der Waals surface area contributed by atoms with Gasteiger partial charge in [0.25, 0.3) is 5.91 Å². The van der Waals surface area contributed by atoms with Gasteiger partial charge in [-0.3, -0.25) is 14.5 Å². The van der Waals surface area contributed by atoms with E-state index in [-0.39, 0.29) is 37.1 Å². The van der Waals surface area contributed by atoms with E-state index in [0.717, 1.165) is 22.4 Å². The van der Waals surface area contributed by atoms with Gasteiger partial charge < -0.3 is 15.2 Å². The number of amides is 2. The highest BCUT2D eigenvalue weighted by molar-refractivity contribution is 6.04. The Morgan fingerprint density at radius 3 is 2.56 bits per heavy atom. The standard InChI is InChI=1S/C26H30N4O4/c1-16-3-5-20(17(2)11-16)21-13-22(19-4-6-23-24(12-19)34-15-33-23)30(28-21)25(31)14-29-9-7-18(8-10-29)26(27)32/h3-6,11-12,18,22H,7-10,13-15H2,1-2H3,(H2,27,32)/t22-/m1/s1. The average molecular weight is 463 g/mol. The van der Waals surface area contributed by atoms with Crippen molar-refractivity contribution < 1.29 is 19.1 Å². The Morgan fingerprint density at radius 2 is 1.82 bits per heavy atom. The Balaban J connectivity index is 1.40. The normalized spacial score (nSPS) is 20.5. The molecular weight excluding hydrogens is 432 g/mol. The number of rotatable bonds is 5. The third-order valence-corrected chi connectivity index (χ3v) is 6.99. The van der Waals surface area contributed by atoms with Crippen LogP contribution in [-0.4, -0.2) is 53.9 Å². The molecule has 5 rings (SSSR count). The first-order chi connectivity index (χ1) is 16.4. The van der Waals surface area contributed by atoms with E-state index in [1.807, 2.05) is 18.2 Å². The fourth-order valence-electron chi connectivity index (χ4n) is 5.06. The van der Waals surface area contributed by atoms with Gasteiger partial charge in [0, 0.05) is 17.9 Å². The predicted octanol–water partition coefficient (Wildman–Crippen LogP) is 2.91. The van der Waals surface area contributed by atoms with Gasteiger partial charge >= 0.3 is 0 Å². The van der Waals surface area contributed by atoms with E-state index < -0.39 is 0 Å². The van der Waals surface area contributed by atoms with Crippen LogP contribution in [-0.2, 0) is 9.59 Å². The van der Waals surface area contributed by atoms with E-state index in [4.69, 9.17) is 20.3 Å². The zero-order valence-corrected chi connectivity index (χ0v) is 19.6. The number of piperidine rings is 1. The monoisotopic (exact) mass is 462 g/mol. The minimum atomic E-state index is -0.254. The molecule has 3 heterocycles. The molecule has 1 atom stereocenters. The second-order valence-corrected chi connectivity index (χ2v) is 9.39. The van der Waals surface area contributed by atoms with Crippen LogP contribution in [0.1, 0.15) is 47.6 Å². The molecule has 0 aromatic heterocycles. The third-order valence-electron chi connectivity index (χ3n) is 6.99. The van der Waals surface area contributed by atoms with Crippen LogP contribution in [0.3, 0.4) is 0 Å². The summed E-state index contributed by atoms with van der Waals surface area (Å²) in [5.74, 6) is 0.996. The van der Waals surface area contributed by atoms with Crippen molar-refractivity contribution in [1.82, 2.24) is 9.91 Å². The van der Waals surface area contributed by atoms with Crippen LogP contribution in [0.25, 0.3) is 0 Å². The molecule has 3 aliphatic heterocycles. The number of nitrogens with zero attached hydrogens (tertiary/aromatic N) is 3. The van der Waals surface area contributed by atoms with E-state index in [0.29, 0.717) is 43.9 Å². The molecular formula is C26H30N4O4. The predicted molar refractivity (Wildman–Crippen MR) is 128 cm³/mol. The summed E-state index contributed by atoms with van der Waals surface area (Å²) in [4.78, 5) is 27.1. The number of hydrogen-bond acceptors (Lipinski definition) is 6. The summed E-state index contributed by atoms with van der Waals surface area (Å²) in [6, 6.07) is 11.9. The number of aryl methyl sites for hydroxylation is 2. The molecule has 2 aromatic carbocycles. The second kappa shape index (κ2) is 9.10. The maximum atomic E-state index is 13.5. The Kier molecular flexibility index (Phi) is 6.00. The second-order valence-electron chi connectivity index (χ2n) is 9.39. The Morgan fingerprint density at radius 1 is 1.06 bits per heavy atom. The molecule has 1 fully saturated rings. The first kappa shape index (κ1) is 22.4. The lowest BCUT2D eigenvalue weighted by atomic mass is 9.95. The molecule has 1 saturated heterocycles. The van der Waals surface area contributed by atoms with Crippen LogP contribution in [0.15, 0.2) is 41.5 Å². The summed E-state index contributed by atoms with van der Waals surface area (Å²) < 4.78 is 11.0. The molecule has 0 saturated carbocycles. The van der Waals surface area contributed by atoms with Crippen LogP contribution < -0.4 is 15.2 Å². The van der Waals surface area contributed by atoms with Crippen molar-refractivity contribution in [2.24, 2.45) is 16.8 Å². The van der Waals surface area contributed by atoms with Crippen molar-refractivity contribution in [3.8, 4) is 11.5 Å². The number of carbonyl (C=O) groups is 2. The lowest BCUT2D eigenvalue weighted by Gasteiger charge is -2.31. The number of ether oxygens (including phenoxy) is 2. The zero-order chi connectivity index (χ0) is 23.8. The first-order valence-corrected chi connectivity index (χ1v) is 11.8. The van der Waals surface area contributed by atoms with Gasteiger partial charge in [-0.2, -0.15) is 5.10 Å². The summed E-state index contributed by atoms with van der Waals surface area (Å²) in [6.45, 7) is 5.96. The third kappa shape index (κ3) is 4.37.